The monoisotopic (exact) mass is 452 g/mol. The Labute approximate surface area is 169 Å². The van der Waals surface area contributed by atoms with Crippen molar-refractivity contribution in [2.24, 2.45) is 0 Å². The molecule has 0 atom stereocenters. The fourth-order valence-electron chi connectivity index (χ4n) is 3.35. The second-order valence-electron chi connectivity index (χ2n) is 6.73. The zero-order valence-corrected chi connectivity index (χ0v) is 17.9. The number of benzene rings is 2. The molecule has 2 aromatic rings. The molecule has 3 rings (SSSR count). The van der Waals surface area contributed by atoms with Crippen molar-refractivity contribution in [3.8, 4) is 5.75 Å². The maximum Gasteiger partial charge on any atom is 0.244 e. The minimum absolute atomic E-state index is 0.132. The quantitative estimate of drug-likeness (QED) is 0.691. The molecule has 1 N–H and O–H groups in total. The second kappa shape index (κ2) is 9.19. The van der Waals surface area contributed by atoms with Gasteiger partial charge >= 0.3 is 0 Å². The van der Waals surface area contributed by atoms with E-state index in [1.165, 1.54) is 31.9 Å². The van der Waals surface area contributed by atoms with Gasteiger partial charge in [0.25, 0.3) is 0 Å². The van der Waals surface area contributed by atoms with E-state index in [0.717, 1.165) is 25.2 Å². The highest BCUT2D eigenvalue weighted by atomic mass is 79.9. The van der Waals surface area contributed by atoms with Crippen molar-refractivity contribution < 1.29 is 13.2 Å². The number of piperidine rings is 1. The van der Waals surface area contributed by atoms with Crippen LogP contribution in [-0.2, 0) is 23.1 Å². The zero-order valence-electron chi connectivity index (χ0n) is 15.4. The standard InChI is InChI=1S/C20H25BrN2O3S/c1-26-19-10-9-18(21)13-20(19)27(24,25)22-14-16-7-3-4-8-17(16)15-23-11-5-2-6-12-23/h3-4,7-10,13,22H,2,5-6,11-12,14-15H2,1H3. The molecule has 1 aliphatic rings. The van der Waals surface area contributed by atoms with Crippen LogP contribution in [0.1, 0.15) is 30.4 Å². The normalized spacial score (nSPS) is 15.6. The smallest absolute Gasteiger partial charge is 0.244 e. The van der Waals surface area contributed by atoms with Gasteiger partial charge in [-0.05, 0) is 55.3 Å². The van der Waals surface area contributed by atoms with Crippen molar-refractivity contribution in [1.29, 1.82) is 0 Å². The van der Waals surface area contributed by atoms with E-state index in [-0.39, 0.29) is 11.4 Å². The van der Waals surface area contributed by atoms with E-state index >= 15 is 0 Å². The molecule has 0 bridgehead atoms. The molecule has 2 aromatic carbocycles. The number of hydrogen-bond donors (Lipinski definition) is 1. The van der Waals surface area contributed by atoms with Crippen LogP contribution in [-0.4, -0.2) is 33.5 Å². The number of methoxy groups -OCH3 is 1. The lowest BCUT2D eigenvalue weighted by atomic mass is 10.1. The molecule has 1 heterocycles. The molecular weight excluding hydrogens is 428 g/mol. The van der Waals surface area contributed by atoms with E-state index in [4.69, 9.17) is 4.74 Å². The predicted octanol–water partition coefficient (Wildman–Crippen LogP) is 3.92. The first-order valence-electron chi connectivity index (χ1n) is 9.12. The first-order chi connectivity index (χ1) is 13.0. The van der Waals surface area contributed by atoms with E-state index in [9.17, 15) is 8.42 Å². The number of likely N-dealkylation sites (tertiary alicyclic amines) is 1. The van der Waals surface area contributed by atoms with Crippen LogP contribution in [0.3, 0.4) is 0 Å². The number of ether oxygens (including phenoxy) is 1. The third-order valence-corrected chi connectivity index (χ3v) is 6.74. The summed E-state index contributed by atoms with van der Waals surface area (Å²) in [4.78, 5) is 2.57. The van der Waals surface area contributed by atoms with Crippen LogP contribution < -0.4 is 9.46 Å². The van der Waals surface area contributed by atoms with Crippen LogP contribution in [0.4, 0.5) is 0 Å². The minimum atomic E-state index is -3.69. The lowest BCUT2D eigenvalue weighted by Gasteiger charge is -2.27. The number of halogens is 1. The summed E-state index contributed by atoms with van der Waals surface area (Å²) in [6.07, 6.45) is 3.77. The average molecular weight is 453 g/mol. The summed E-state index contributed by atoms with van der Waals surface area (Å²) in [5.74, 6) is 0.326. The van der Waals surface area contributed by atoms with Crippen LogP contribution in [0.15, 0.2) is 51.8 Å². The molecular formula is C20H25BrN2O3S. The van der Waals surface area contributed by atoms with Crippen molar-refractivity contribution in [2.45, 2.75) is 37.2 Å². The first-order valence-corrected chi connectivity index (χ1v) is 11.4. The van der Waals surface area contributed by atoms with Crippen LogP contribution in [0, 0.1) is 0 Å². The number of sulfonamides is 1. The summed E-state index contributed by atoms with van der Waals surface area (Å²) in [5.41, 5.74) is 2.17. The summed E-state index contributed by atoms with van der Waals surface area (Å²) < 4.78 is 34.3. The van der Waals surface area contributed by atoms with Gasteiger partial charge in [0.05, 0.1) is 7.11 Å². The van der Waals surface area contributed by atoms with Crippen molar-refractivity contribution in [3.63, 3.8) is 0 Å². The molecule has 1 aliphatic heterocycles. The van der Waals surface area contributed by atoms with Gasteiger partial charge in [0.2, 0.25) is 10.0 Å². The van der Waals surface area contributed by atoms with Gasteiger partial charge < -0.3 is 4.74 Å². The molecule has 146 valence electrons. The van der Waals surface area contributed by atoms with E-state index < -0.39 is 10.0 Å². The average Bonchev–Trinajstić information content (AvgIpc) is 2.68. The summed E-state index contributed by atoms with van der Waals surface area (Å²) in [7, 11) is -2.22. The van der Waals surface area contributed by atoms with E-state index in [1.807, 2.05) is 18.2 Å². The molecule has 0 saturated carbocycles. The number of nitrogens with one attached hydrogen (secondary N) is 1. The number of nitrogens with zero attached hydrogens (tertiary/aromatic N) is 1. The van der Waals surface area contributed by atoms with Crippen LogP contribution in [0.5, 0.6) is 5.75 Å². The third kappa shape index (κ3) is 5.31. The van der Waals surface area contributed by atoms with Crippen LogP contribution in [0.25, 0.3) is 0 Å². The summed E-state index contributed by atoms with van der Waals surface area (Å²) in [5, 5.41) is 0. The Morgan fingerprint density at radius 3 is 2.48 bits per heavy atom. The van der Waals surface area contributed by atoms with Gasteiger partial charge in [-0.25, -0.2) is 13.1 Å². The van der Waals surface area contributed by atoms with E-state index in [1.54, 1.807) is 18.2 Å². The van der Waals surface area contributed by atoms with Crippen molar-refractivity contribution in [2.75, 3.05) is 20.2 Å². The molecule has 0 aromatic heterocycles. The largest absolute Gasteiger partial charge is 0.495 e. The number of rotatable bonds is 7. The van der Waals surface area contributed by atoms with E-state index in [0.29, 0.717) is 10.2 Å². The van der Waals surface area contributed by atoms with Crippen LogP contribution >= 0.6 is 15.9 Å². The lowest BCUT2D eigenvalue weighted by molar-refractivity contribution is 0.220. The molecule has 7 heteroatoms. The maximum atomic E-state index is 12.8. The molecule has 0 spiro atoms. The SMILES string of the molecule is COc1ccc(Br)cc1S(=O)(=O)NCc1ccccc1CN1CCCCC1. The molecule has 5 nitrogen and oxygen atoms in total. The highest BCUT2D eigenvalue weighted by molar-refractivity contribution is 9.10. The molecule has 1 fully saturated rings. The lowest BCUT2D eigenvalue weighted by Crippen LogP contribution is -2.30. The second-order valence-corrected chi connectivity index (χ2v) is 9.38. The topological polar surface area (TPSA) is 58.6 Å². The predicted molar refractivity (Wildman–Crippen MR) is 110 cm³/mol. The van der Waals surface area contributed by atoms with Crippen molar-refractivity contribution in [3.05, 3.63) is 58.1 Å². The van der Waals surface area contributed by atoms with Gasteiger partial charge in [-0.1, -0.05) is 46.6 Å². The Bertz CT molecular complexity index is 881. The summed E-state index contributed by atoms with van der Waals surface area (Å²) in [6.45, 7) is 3.32. The van der Waals surface area contributed by atoms with Gasteiger partial charge in [-0.3, -0.25) is 4.90 Å². The Hall–Kier alpha value is -1.41. The van der Waals surface area contributed by atoms with Gasteiger partial charge in [0, 0.05) is 17.6 Å². The molecule has 0 aliphatic carbocycles. The molecule has 0 unspecified atom stereocenters. The molecule has 0 radical (unpaired) electrons. The molecule has 1 saturated heterocycles. The van der Waals surface area contributed by atoms with Gasteiger partial charge in [0.1, 0.15) is 10.6 Å². The summed E-state index contributed by atoms with van der Waals surface area (Å²) in [6, 6.07) is 13.0. The van der Waals surface area contributed by atoms with Crippen LogP contribution in [0.2, 0.25) is 0 Å². The van der Waals surface area contributed by atoms with Gasteiger partial charge in [-0.15, -0.1) is 0 Å². The molecule has 0 amide bonds. The van der Waals surface area contributed by atoms with Gasteiger partial charge in [-0.2, -0.15) is 0 Å². The highest BCUT2D eigenvalue weighted by Crippen LogP contribution is 2.27. The Morgan fingerprint density at radius 2 is 1.78 bits per heavy atom. The minimum Gasteiger partial charge on any atom is -0.495 e. The fraction of sp³-hybridized carbons (Fsp3) is 0.400. The third-order valence-electron chi connectivity index (χ3n) is 4.83. The Morgan fingerprint density at radius 1 is 1.07 bits per heavy atom. The fourth-order valence-corrected chi connectivity index (χ4v) is 5.07. The summed E-state index contributed by atoms with van der Waals surface area (Å²) >= 11 is 3.33. The zero-order chi connectivity index (χ0) is 19.3. The molecule has 27 heavy (non-hydrogen) atoms. The number of hydrogen-bond acceptors (Lipinski definition) is 4. The van der Waals surface area contributed by atoms with Gasteiger partial charge in [0.15, 0.2) is 0 Å². The first kappa shape index (κ1) is 20.3. The van der Waals surface area contributed by atoms with E-state index in [2.05, 4.69) is 31.6 Å². The van der Waals surface area contributed by atoms with Crippen molar-refractivity contribution in [1.82, 2.24) is 9.62 Å². The van der Waals surface area contributed by atoms with Crippen molar-refractivity contribution >= 4 is 26.0 Å². The Balaban J connectivity index is 1.75. The Kier molecular flexibility index (Phi) is 6.92. The maximum absolute atomic E-state index is 12.8. The highest BCUT2D eigenvalue weighted by Gasteiger charge is 2.20.